The predicted molar refractivity (Wildman–Crippen MR) is 80.6 cm³/mol. The number of ether oxygens (including phenoxy) is 5. The highest BCUT2D eigenvalue weighted by molar-refractivity contribution is 5.75. The molecule has 1 unspecified atom stereocenters. The molecule has 4 atom stereocenters. The smallest absolute Gasteiger partial charge is 0.338 e. The first kappa shape index (κ1) is 21.0. The van der Waals surface area contributed by atoms with E-state index in [1.54, 1.807) is 13.2 Å². The van der Waals surface area contributed by atoms with Crippen molar-refractivity contribution in [3.8, 4) is 0 Å². The summed E-state index contributed by atoms with van der Waals surface area (Å²) < 4.78 is 26.3. The number of hydrogen-bond donors (Lipinski definition) is 1. The lowest BCUT2D eigenvalue weighted by Gasteiger charge is -2.34. The third-order valence-electron chi connectivity index (χ3n) is 3.30. The summed E-state index contributed by atoms with van der Waals surface area (Å²) in [4.78, 5) is 12.0. The first-order chi connectivity index (χ1) is 10.6. The lowest BCUT2D eigenvalue weighted by atomic mass is 9.92. The van der Waals surface area contributed by atoms with Gasteiger partial charge in [-0.2, -0.15) is 0 Å². The molecule has 0 aromatic carbocycles. The van der Waals surface area contributed by atoms with E-state index in [9.17, 15) is 4.79 Å². The van der Waals surface area contributed by atoms with E-state index in [-0.39, 0.29) is 19.1 Å². The largest absolute Gasteiger partial charge is 0.461 e. The summed E-state index contributed by atoms with van der Waals surface area (Å²) in [5, 5.41) is 8.75. The van der Waals surface area contributed by atoms with Crippen molar-refractivity contribution in [1.29, 1.82) is 0 Å². The second-order valence-corrected chi connectivity index (χ2v) is 4.69. The van der Waals surface area contributed by atoms with Gasteiger partial charge in [0.25, 0.3) is 0 Å². The number of carbonyl (C=O) groups excluding carboxylic acids is 1. The van der Waals surface area contributed by atoms with Gasteiger partial charge in [-0.3, -0.25) is 0 Å². The molecule has 1 N–H and O–H groups in total. The average Bonchev–Trinajstić information content (AvgIpc) is 2.52. The molecule has 0 heterocycles. The number of aliphatic hydroxyl groups excluding tert-OH is 1. The fourth-order valence-corrected chi connectivity index (χ4v) is 2.34. The zero-order chi connectivity index (χ0) is 17.0. The molecule has 0 aliphatic heterocycles. The minimum atomic E-state index is -0.967. The SMILES string of the molecule is C=CCC(COC)[C@@H](OC)[C@H](OC)[C@H](OC)C(=O)OCCO. The molecule has 0 amide bonds. The fourth-order valence-electron chi connectivity index (χ4n) is 2.34. The Morgan fingerprint density at radius 1 is 1.14 bits per heavy atom. The first-order valence-corrected chi connectivity index (χ1v) is 7.06. The van der Waals surface area contributed by atoms with Gasteiger partial charge in [-0.1, -0.05) is 6.08 Å². The highest BCUT2D eigenvalue weighted by Gasteiger charge is 2.39. The number of rotatable bonds is 13. The van der Waals surface area contributed by atoms with Crippen molar-refractivity contribution in [3.63, 3.8) is 0 Å². The van der Waals surface area contributed by atoms with E-state index in [0.29, 0.717) is 13.0 Å². The van der Waals surface area contributed by atoms with Crippen LogP contribution in [-0.2, 0) is 28.5 Å². The molecule has 0 rings (SSSR count). The second kappa shape index (κ2) is 12.5. The van der Waals surface area contributed by atoms with Gasteiger partial charge in [0.05, 0.1) is 19.3 Å². The Morgan fingerprint density at radius 3 is 2.18 bits per heavy atom. The average molecular weight is 320 g/mol. The van der Waals surface area contributed by atoms with Crippen LogP contribution in [0.1, 0.15) is 6.42 Å². The molecule has 0 aromatic heterocycles. The van der Waals surface area contributed by atoms with E-state index >= 15 is 0 Å². The maximum absolute atomic E-state index is 12.0. The third kappa shape index (κ3) is 6.41. The molecule has 7 heteroatoms. The Labute approximate surface area is 132 Å². The van der Waals surface area contributed by atoms with Gasteiger partial charge in [0, 0.05) is 34.4 Å². The van der Waals surface area contributed by atoms with Crippen LogP contribution in [0.25, 0.3) is 0 Å². The van der Waals surface area contributed by atoms with Crippen LogP contribution >= 0.6 is 0 Å². The summed E-state index contributed by atoms with van der Waals surface area (Å²) in [6.07, 6.45) is 0.296. The number of methoxy groups -OCH3 is 4. The molecule has 0 aliphatic rings. The number of hydrogen-bond acceptors (Lipinski definition) is 7. The number of aliphatic hydroxyl groups is 1. The Balaban J connectivity index is 5.17. The zero-order valence-corrected chi connectivity index (χ0v) is 13.8. The molecule has 0 aliphatic carbocycles. The van der Waals surface area contributed by atoms with Gasteiger partial charge in [0.1, 0.15) is 12.7 Å². The zero-order valence-electron chi connectivity index (χ0n) is 13.8. The van der Waals surface area contributed by atoms with Crippen LogP contribution in [0.2, 0.25) is 0 Å². The highest BCUT2D eigenvalue weighted by Crippen LogP contribution is 2.22. The summed E-state index contributed by atoms with van der Waals surface area (Å²) in [5.74, 6) is -0.666. The Bertz CT molecular complexity index is 308. The highest BCUT2D eigenvalue weighted by atomic mass is 16.6. The van der Waals surface area contributed by atoms with Crippen LogP contribution in [-0.4, -0.2) is 77.6 Å². The predicted octanol–water partition coefficient (Wildman–Crippen LogP) is 0.406. The maximum atomic E-state index is 12.0. The molecule has 22 heavy (non-hydrogen) atoms. The van der Waals surface area contributed by atoms with Crippen molar-refractivity contribution in [3.05, 3.63) is 12.7 Å². The number of esters is 1. The summed E-state index contributed by atoms with van der Waals surface area (Å²) in [6, 6.07) is 0. The summed E-state index contributed by atoms with van der Waals surface area (Å²) in [7, 11) is 5.99. The molecule has 7 nitrogen and oxygen atoms in total. The van der Waals surface area contributed by atoms with Crippen LogP contribution in [0.3, 0.4) is 0 Å². The lowest BCUT2D eigenvalue weighted by Crippen LogP contribution is -2.50. The van der Waals surface area contributed by atoms with Gasteiger partial charge in [-0.25, -0.2) is 4.79 Å². The molecule has 0 spiro atoms. The molecule has 0 fully saturated rings. The molecular weight excluding hydrogens is 292 g/mol. The normalized spacial score (nSPS) is 16.6. The minimum Gasteiger partial charge on any atom is -0.461 e. The third-order valence-corrected chi connectivity index (χ3v) is 3.30. The van der Waals surface area contributed by atoms with Gasteiger partial charge in [0.2, 0.25) is 0 Å². The Kier molecular flexibility index (Phi) is 12.0. The topological polar surface area (TPSA) is 83.5 Å². The Morgan fingerprint density at radius 2 is 1.77 bits per heavy atom. The molecule has 0 aromatic rings. The van der Waals surface area contributed by atoms with Crippen LogP contribution in [0.15, 0.2) is 12.7 Å². The van der Waals surface area contributed by atoms with Gasteiger partial charge in [-0.15, -0.1) is 6.58 Å². The van der Waals surface area contributed by atoms with E-state index in [0.717, 1.165) is 0 Å². The number of carbonyl (C=O) groups is 1. The lowest BCUT2D eigenvalue weighted by molar-refractivity contribution is -0.178. The number of allylic oxidation sites excluding steroid dienone is 1. The van der Waals surface area contributed by atoms with Gasteiger partial charge < -0.3 is 28.8 Å². The molecule has 130 valence electrons. The van der Waals surface area contributed by atoms with Crippen LogP contribution < -0.4 is 0 Å². The van der Waals surface area contributed by atoms with Gasteiger partial charge in [0.15, 0.2) is 6.10 Å². The van der Waals surface area contributed by atoms with Crippen LogP contribution in [0, 0.1) is 5.92 Å². The quantitative estimate of drug-likeness (QED) is 0.388. The molecule has 0 bridgehead atoms. The molecule has 0 radical (unpaired) electrons. The standard InChI is InChI=1S/C15H28O7/c1-6-7-11(10-18-2)12(19-3)13(20-4)14(21-5)15(17)22-9-8-16/h6,11-14,16H,1,7-10H2,2-5H3/t11?,12-,13+,14+/m1/s1. The van der Waals surface area contributed by atoms with E-state index in [1.807, 2.05) is 0 Å². The fraction of sp³-hybridized carbons (Fsp3) is 0.800. The molecule has 0 saturated heterocycles. The monoisotopic (exact) mass is 320 g/mol. The maximum Gasteiger partial charge on any atom is 0.338 e. The van der Waals surface area contributed by atoms with Crippen LogP contribution in [0.4, 0.5) is 0 Å². The Hall–Kier alpha value is -0.990. The van der Waals surface area contributed by atoms with E-state index in [1.165, 1.54) is 21.3 Å². The van der Waals surface area contributed by atoms with Crippen molar-refractivity contribution in [1.82, 2.24) is 0 Å². The van der Waals surface area contributed by atoms with E-state index < -0.39 is 24.3 Å². The van der Waals surface area contributed by atoms with Crippen molar-refractivity contribution in [2.45, 2.75) is 24.7 Å². The van der Waals surface area contributed by atoms with Gasteiger partial charge in [-0.05, 0) is 6.42 Å². The van der Waals surface area contributed by atoms with Crippen molar-refractivity contribution in [2.24, 2.45) is 5.92 Å². The van der Waals surface area contributed by atoms with E-state index in [2.05, 4.69) is 6.58 Å². The first-order valence-electron chi connectivity index (χ1n) is 7.06. The molecule has 0 saturated carbocycles. The summed E-state index contributed by atoms with van der Waals surface area (Å²) >= 11 is 0. The second-order valence-electron chi connectivity index (χ2n) is 4.69. The van der Waals surface area contributed by atoms with Crippen molar-refractivity contribution < 1.29 is 33.6 Å². The van der Waals surface area contributed by atoms with Crippen molar-refractivity contribution in [2.75, 3.05) is 48.3 Å². The summed E-state index contributed by atoms with van der Waals surface area (Å²) in [6.45, 7) is 3.80. The molecular formula is C15H28O7. The minimum absolute atomic E-state index is 0.0549. The van der Waals surface area contributed by atoms with Gasteiger partial charge >= 0.3 is 5.97 Å². The van der Waals surface area contributed by atoms with E-state index in [4.69, 9.17) is 28.8 Å². The summed E-state index contributed by atoms with van der Waals surface area (Å²) in [5.41, 5.74) is 0. The van der Waals surface area contributed by atoms with Crippen molar-refractivity contribution >= 4 is 5.97 Å². The van der Waals surface area contributed by atoms with Crippen LogP contribution in [0.5, 0.6) is 0 Å².